The second-order valence-corrected chi connectivity index (χ2v) is 3.44. The Morgan fingerprint density at radius 3 is 2.62 bits per heavy atom. The molecule has 1 rings (SSSR count). The lowest BCUT2D eigenvalue weighted by atomic mass is 10.2. The summed E-state index contributed by atoms with van der Waals surface area (Å²) in [6, 6.07) is 6.62. The first-order chi connectivity index (χ1) is 7.65. The zero-order valence-electron chi connectivity index (χ0n) is 9.23. The van der Waals surface area contributed by atoms with E-state index in [9.17, 15) is 9.59 Å². The molecule has 0 fully saturated rings. The van der Waals surface area contributed by atoms with E-state index < -0.39 is 5.91 Å². The van der Waals surface area contributed by atoms with Crippen molar-refractivity contribution < 1.29 is 14.3 Å². The molecule has 0 heterocycles. The van der Waals surface area contributed by atoms with Crippen molar-refractivity contribution in [2.24, 2.45) is 5.73 Å². The monoisotopic (exact) mass is 221 g/mol. The van der Waals surface area contributed by atoms with Gasteiger partial charge in [0.2, 0.25) is 0 Å². The van der Waals surface area contributed by atoms with E-state index in [1.165, 1.54) is 0 Å². The molecule has 0 unspecified atom stereocenters. The molecule has 0 saturated heterocycles. The predicted molar refractivity (Wildman–Crippen MR) is 60.4 cm³/mol. The maximum absolute atomic E-state index is 11.3. The third-order valence-electron chi connectivity index (χ3n) is 2.07. The normalized spacial score (nSPS) is 9.81. The molecule has 0 radical (unpaired) electrons. The van der Waals surface area contributed by atoms with Crippen molar-refractivity contribution in [2.75, 3.05) is 6.61 Å². The summed E-state index contributed by atoms with van der Waals surface area (Å²) in [5, 5.41) is 0. The quantitative estimate of drug-likeness (QED) is 0.792. The maximum atomic E-state index is 11.3. The van der Waals surface area contributed by atoms with Crippen molar-refractivity contribution in [1.82, 2.24) is 0 Å². The van der Waals surface area contributed by atoms with Crippen LogP contribution in [0.4, 0.5) is 0 Å². The molecule has 1 amide bonds. The van der Waals surface area contributed by atoms with Gasteiger partial charge in [-0.05, 0) is 18.6 Å². The van der Waals surface area contributed by atoms with Crippen molar-refractivity contribution >= 4 is 11.7 Å². The lowest BCUT2D eigenvalue weighted by Gasteiger charge is -2.08. The number of nitrogens with two attached hydrogens (primary N) is 1. The van der Waals surface area contributed by atoms with Crippen LogP contribution in [-0.2, 0) is 4.79 Å². The number of ether oxygens (including phenoxy) is 1. The largest absolute Gasteiger partial charge is 0.485 e. The Morgan fingerprint density at radius 2 is 2.00 bits per heavy atom. The fourth-order valence-electron chi connectivity index (χ4n) is 1.31. The molecule has 2 N–H and O–H groups in total. The Labute approximate surface area is 94.4 Å². The molecule has 4 heteroatoms. The zero-order chi connectivity index (χ0) is 12.0. The Balaban J connectivity index is 2.66. The van der Waals surface area contributed by atoms with Gasteiger partial charge in [0.25, 0.3) is 5.91 Å². The summed E-state index contributed by atoms with van der Waals surface area (Å²) < 4.78 is 5.26. The molecule has 16 heavy (non-hydrogen) atoms. The van der Waals surface area contributed by atoms with Crippen LogP contribution in [0, 0.1) is 0 Å². The van der Waals surface area contributed by atoms with Gasteiger partial charge in [-0.25, -0.2) is 0 Å². The van der Waals surface area contributed by atoms with E-state index in [1.54, 1.807) is 24.3 Å². The molecular weight excluding hydrogens is 206 g/mol. The van der Waals surface area contributed by atoms with Crippen molar-refractivity contribution in [2.45, 2.75) is 19.8 Å². The maximum Gasteiger partial charge on any atom is 0.252 e. The van der Waals surface area contributed by atoms with Gasteiger partial charge in [0.1, 0.15) is 12.4 Å². The third kappa shape index (κ3) is 3.38. The number of Topliss-reactive ketones (excluding diaryl/α,β-unsaturated/α-hetero) is 1. The summed E-state index contributed by atoms with van der Waals surface area (Å²) in [6.45, 7) is 1.91. The number of amides is 1. The van der Waals surface area contributed by atoms with Gasteiger partial charge in [0, 0.05) is 6.42 Å². The van der Waals surface area contributed by atoms with Gasteiger partial charge in [0.15, 0.2) is 5.78 Å². The highest BCUT2D eigenvalue weighted by Gasteiger charge is 2.09. The SMILES string of the molecule is CCCC(=O)COc1ccccc1C(N)=O. The van der Waals surface area contributed by atoms with E-state index in [-0.39, 0.29) is 12.4 Å². The first-order valence-corrected chi connectivity index (χ1v) is 5.18. The van der Waals surface area contributed by atoms with E-state index >= 15 is 0 Å². The van der Waals surface area contributed by atoms with Gasteiger partial charge in [-0.2, -0.15) is 0 Å². The van der Waals surface area contributed by atoms with Crippen LogP contribution in [0.5, 0.6) is 5.75 Å². The molecule has 1 aromatic carbocycles. The molecule has 4 nitrogen and oxygen atoms in total. The highest BCUT2D eigenvalue weighted by molar-refractivity contribution is 5.95. The molecule has 0 bridgehead atoms. The molecule has 0 spiro atoms. The third-order valence-corrected chi connectivity index (χ3v) is 2.07. The van der Waals surface area contributed by atoms with Crippen molar-refractivity contribution in [3.63, 3.8) is 0 Å². The van der Waals surface area contributed by atoms with Crippen LogP contribution < -0.4 is 10.5 Å². The fourth-order valence-corrected chi connectivity index (χ4v) is 1.31. The van der Waals surface area contributed by atoms with Gasteiger partial charge in [-0.3, -0.25) is 9.59 Å². The van der Waals surface area contributed by atoms with E-state index in [0.717, 1.165) is 6.42 Å². The van der Waals surface area contributed by atoms with E-state index in [2.05, 4.69) is 0 Å². The van der Waals surface area contributed by atoms with Crippen LogP contribution in [0.3, 0.4) is 0 Å². The standard InChI is InChI=1S/C12H15NO3/c1-2-5-9(14)8-16-11-7-4-3-6-10(11)12(13)15/h3-4,6-7H,2,5,8H2,1H3,(H2,13,15). The number of para-hydroxylation sites is 1. The highest BCUT2D eigenvalue weighted by Crippen LogP contribution is 2.17. The van der Waals surface area contributed by atoms with Crippen LogP contribution >= 0.6 is 0 Å². The second kappa shape index (κ2) is 5.90. The number of rotatable bonds is 6. The van der Waals surface area contributed by atoms with E-state index in [1.807, 2.05) is 6.92 Å². The minimum Gasteiger partial charge on any atom is -0.485 e. The van der Waals surface area contributed by atoms with Crippen LogP contribution in [-0.4, -0.2) is 18.3 Å². The molecule has 0 saturated carbocycles. The number of carbonyl (C=O) groups is 2. The highest BCUT2D eigenvalue weighted by atomic mass is 16.5. The minimum atomic E-state index is -0.557. The van der Waals surface area contributed by atoms with Crippen LogP contribution in [0.15, 0.2) is 24.3 Å². The Hall–Kier alpha value is -1.84. The minimum absolute atomic E-state index is 0.0155. The van der Waals surface area contributed by atoms with Crippen LogP contribution in [0.25, 0.3) is 0 Å². The topological polar surface area (TPSA) is 69.4 Å². The van der Waals surface area contributed by atoms with Gasteiger partial charge in [0.05, 0.1) is 5.56 Å². The fraction of sp³-hybridized carbons (Fsp3) is 0.333. The van der Waals surface area contributed by atoms with Gasteiger partial charge in [-0.1, -0.05) is 19.1 Å². The molecule has 1 aromatic rings. The summed E-state index contributed by atoms with van der Waals surface area (Å²) in [5.41, 5.74) is 5.47. The predicted octanol–water partition coefficient (Wildman–Crippen LogP) is 1.53. The molecule has 0 aliphatic heterocycles. The van der Waals surface area contributed by atoms with Crippen LogP contribution in [0.1, 0.15) is 30.1 Å². The molecule has 0 aliphatic carbocycles. The van der Waals surface area contributed by atoms with Crippen LogP contribution in [0.2, 0.25) is 0 Å². The number of carbonyl (C=O) groups excluding carboxylic acids is 2. The molecule has 86 valence electrons. The smallest absolute Gasteiger partial charge is 0.252 e. The van der Waals surface area contributed by atoms with Crippen molar-refractivity contribution in [1.29, 1.82) is 0 Å². The lowest BCUT2D eigenvalue weighted by Crippen LogP contribution is -2.16. The summed E-state index contributed by atoms with van der Waals surface area (Å²) in [7, 11) is 0. The van der Waals surface area contributed by atoms with E-state index in [4.69, 9.17) is 10.5 Å². The summed E-state index contributed by atoms with van der Waals surface area (Å²) in [6.07, 6.45) is 1.28. The number of benzene rings is 1. The number of primary amides is 1. The Bertz CT molecular complexity index is 388. The molecule has 0 atom stereocenters. The molecule has 0 aromatic heterocycles. The second-order valence-electron chi connectivity index (χ2n) is 3.44. The van der Waals surface area contributed by atoms with Crippen molar-refractivity contribution in [3.05, 3.63) is 29.8 Å². The average Bonchev–Trinajstić information content (AvgIpc) is 2.27. The lowest BCUT2D eigenvalue weighted by molar-refractivity contribution is -0.121. The van der Waals surface area contributed by atoms with Crippen molar-refractivity contribution in [3.8, 4) is 5.75 Å². The Kier molecular flexibility index (Phi) is 4.51. The average molecular weight is 221 g/mol. The summed E-state index contributed by atoms with van der Waals surface area (Å²) in [5.74, 6) is -0.181. The number of ketones is 1. The first kappa shape index (κ1) is 12.2. The molecule has 0 aliphatic rings. The zero-order valence-corrected chi connectivity index (χ0v) is 9.23. The van der Waals surface area contributed by atoms with Gasteiger partial charge < -0.3 is 10.5 Å². The summed E-state index contributed by atoms with van der Waals surface area (Å²) >= 11 is 0. The number of hydrogen-bond acceptors (Lipinski definition) is 3. The Morgan fingerprint density at radius 1 is 1.31 bits per heavy atom. The van der Waals surface area contributed by atoms with Gasteiger partial charge >= 0.3 is 0 Å². The summed E-state index contributed by atoms with van der Waals surface area (Å²) in [4.78, 5) is 22.3. The van der Waals surface area contributed by atoms with Gasteiger partial charge in [-0.15, -0.1) is 0 Å². The van der Waals surface area contributed by atoms with E-state index in [0.29, 0.717) is 17.7 Å². The number of hydrogen-bond donors (Lipinski definition) is 1. The molecular formula is C12H15NO3. The first-order valence-electron chi connectivity index (χ1n) is 5.18.